The summed E-state index contributed by atoms with van der Waals surface area (Å²) in [6.07, 6.45) is 3.77. The fraction of sp³-hybridized carbons (Fsp3) is 0.947. The molecule has 0 aromatic rings. The maximum Gasteiger partial charge on any atom is 0.186 e. The van der Waals surface area contributed by atoms with E-state index in [2.05, 4.69) is 164 Å². The molecule has 0 aromatic carbocycles. The van der Waals surface area contributed by atoms with Gasteiger partial charge in [-0.05, 0) is 129 Å². The van der Waals surface area contributed by atoms with Gasteiger partial charge in [0.25, 0.3) is 0 Å². The number of hydrogen-bond acceptors (Lipinski definition) is 7. The van der Waals surface area contributed by atoms with Crippen molar-refractivity contribution in [1.29, 1.82) is 0 Å². The number of hydrogen-bond donors (Lipinski definition) is 0. The lowest BCUT2D eigenvalue weighted by molar-refractivity contribution is 0.402. The third-order valence-electron chi connectivity index (χ3n) is 7.13. The highest BCUT2D eigenvalue weighted by atomic mass is 28.4. The van der Waals surface area contributed by atoms with Gasteiger partial charge in [-0.1, -0.05) is 59.7 Å². The summed E-state index contributed by atoms with van der Waals surface area (Å²) in [6.45, 7) is 54.3. The van der Waals surface area contributed by atoms with Crippen molar-refractivity contribution in [2.45, 2.75) is 189 Å². The van der Waals surface area contributed by atoms with Gasteiger partial charge in [0.1, 0.15) is 0 Å². The van der Waals surface area contributed by atoms with Crippen LogP contribution in [0.15, 0.2) is 12.3 Å². The number of rotatable bonds is 14. The molecule has 0 fully saturated rings. The van der Waals surface area contributed by atoms with Gasteiger partial charge in [0.2, 0.25) is 0 Å². The first-order chi connectivity index (χ1) is 23.4. The van der Waals surface area contributed by atoms with Gasteiger partial charge >= 0.3 is 0 Å². The van der Waals surface area contributed by atoms with Crippen molar-refractivity contribution in [3.63, 3.8) is 0 Å². The van der Waals surface area contributed by atoms with Gasteiger partial charge in [0.05, 0.1) is 8.07 Å². The first-order valence-electron chi connectivity index (χ1n) is 19.9. The third kappa shape index (κ3) is 106. The molecule has 0 rings (SSSR count). The van der Waals surface area contributed by atoms with Crippen molar-refractivity contribution in [3.8, 4) is 0 Å². The molecule has 0 aliphatic carbocycles. The quantitative estimate of drug-likeness (QED) is 0.161. The summed E-state index contributed by atoms with van der Waals surface area (Å²) in [4.78, 5) is 0. The van der Waals surface area contributed by atoms with E-state index in [0.29, 0.717) is 0 Å². The molecule has 0 spiro atoms. The minimum atomic E-state index is -1.18. The Hall–Kier alpha value is 1.20. The predicted molar refractivity (Wildman–Crippen MR) is 269 cm³/mol. The molecule has 0 radical (unpaired) electrons. The van der Waals surface area contributed by atoms with Gasteiger partial charge < -0.3 is 31.0 Å². The first kappa shape index (κ1) is 71.9. The molecular formula is C38H106O7Si8. The molecule has 332 valence electrons. The van der Waals surface area contributed by atoms with E-state index in [1.807, 2.05) is 21.3 Å². The average Bonchev–Trinajstić information content (AvgIpc) is 3.02. The molecule has 0 saturated heterocycles. The zero-order chi connectivity index (χ0) is 45.0. The molecule has 0 N–H and O–H groups in total. The van der Waals surface area contributed by atoms with Gasteiger partial charge in [-0.3, -0.25) is 0 Å². The maximum absolute atomic E-state index is 5.32. The Kier molecular flexibility index (Phi) is 54.2. The molecule has 15 heteroatoms. The fourth-order valence-corrected chi connectivity index (χ4v) is 6.34. The Balaban J connectivity index is -0.0000000732. The molecule has 53 heavy (non-hydrogen) atoms. The molecule has 0 aliphatic heterocycles. The molecule has 0 amide bonds. The van der Waals surface area contributed by atoms with Crippen molar-refractivity contribution in [2.75, 3.05) is 49.8 Å². The summed E-state index contributed by atoms with van der Waals surface area (Å²) in [5, 5.41) is 0. The van der Waals surface area contributed by atoms with Gasteiger partial charge in [0, 0.05) is 49.8 Å². The van der Waals surface area contributed by atoms with Crippen LogP contribution in [0.5, 0.6) is 0 Å². The summed E-state index contributed by atoms with van der Waals surface area (Å²) in [5.41, 5.74) is 2.08. The van der Waals surface area contributed by atoms with Crippen LogP contribution in [-0.2, 0) is 31.0 Å². The highest BCUT2D eigenvalue weighted by Gasteiger charge is 2.19. The van der Waals surface area contributed by atoms with E-state index in [1.54, 1.807) is 28.4 Å². The minimum absolute atomic E-state index is 0.650. The lowest BCUT2D eigenvalue weighted by atomic mass is 10.6. The molecule has 0 unspecified atom stereocenters. The van der Waals surface area contributed by atoms with Crippen molar-refractivity contribution < 1.29 is 31.0 Å². The van der Waals surface area contributed by atoms with Gasteiger partial charge in [-0.25, -0.2) is 0 Å². The lowest BCUT2D eigenvalue weighted by Crippen LogP contribution is -2.27. The average molecular weight is 900 g/mol. The Labute approximate surface area is 347 Å². The second-order valence-corrected chi connectivity index (χ2v) is 53.8. The SMILES string of the molecule is C=C[Si](C)(C)C.CCC[Si](C)(C)OC.CCC[Si](C)(C)OC.CCC[Si](C)(C)OC.CO[SiH](C)C.CO[Si](C)(C)C.CO[Si](C)(C)C.CO[Si](C)(C)C. The lowest BCUT2D eigenvalue weighted by Gasteiger charge is -2.17. The minimum Gasteiger partial charge on any atom is -0.424 e. The zero-order valence-corrected chi connectivity index (χ0v) is 50.6. The van der Waals surface area contributed by atoms with Gasteiger partial charge in [-0.2, -0.15) is 0 Å². The third-order valence-corrected chi connectivity index (χ3v) is 21.4. The van der Waals surface area contributed by atoms with E-state index in [0.717, 1.165) is 0 Å². The molecule has 0 bridgehead atoms. The molecule has 0 atom stereocenters. The smallest absolute Gasteiger partial charge is 0.186 e. The van der Waals surface area contributed by atoms with Crippen LogP contribution in [0.25, 0.3) is 0 Å². The van der Waals surface area contributed by atoms with E-state index in [9.17, 15) is 0 Å². The molecule has 0 aliphatic rings. The summed E-state index contributed by atoms with van der Waals surface area (Å²) < 4.78 is 36.1. The monoisotopic (exact) mass is 899 g/mol. The Morgan fingerprint density at radius 1 is 0.396 bits per heavy atom. The Morgan fingerprint density at radius 2 is 0.528 bits per heavy atom. The standard InChI is InChI=1S/3C6H16OSi.C5H12Si.3C4H12OSi.C3H10OSi/c3*1-5-6-8(3,4)7-2;4*1-5-6(2,3)4;1-4-5(2)3/h3*5-6H2,1-4H3;5H,1H2,2-4H3;3*1-4H3;5H,1-3H3. The van der Waals surface area contributed by atoms with Crippen LogP contribution in [0.4, 0.5) is 0 Å². The van der Waals surface area contributed by atoms with Crippen molar-refractivity contribution >= 4 is 67.0 Å². The molecule has 0 heterocycles. The summed E-state index contributed by atoms with van der Waals surface area (Å²) in [6, 6.07) is 3.84. The Bertz CT molecular complexity index is 654. The van der Waals surface area contributed by atoms with E-state index in [4.69, 9.17) is 31.0 Å². The van der Waals surface area contributed by atoms with Gasteiger partial charge in [0.15, 0.2) is 58.9 Å². The predicted octanol–water partition coefficient (Wildman–Crippen LogP) is 13.8. The second kappa shape index (κ2) is 40.0. The van der Waals surface area contributed by atoms with Crippen LogP contribution in [0.3, 0.4) is 0 Å². The van der Waals surface area contributed by atoms with E-state index >= 15 is 0 Å². The van der Waals surface area contributed by atoms with E-state index < -0.39 is 67.0 Å². The van der Waals surface area contributed by atoms with E-state index in [-0.39, 0.29) is 0 Å². The largest absolute Gasteiger partial charge is 0.424 e. The molecular weight excluding hydrogens is 793 g/mol. The maximum atomic E-state index is 5.32. The molecule has 7 nitrogen and oxygen atoms in total. The molecule has 0 aromatic heterocycles. The summed E-state index contributed by atoms with van der Waals surface area (Å²) in [7, 11) is 4.09. The van der Waals surface area contributed by atoms with Gasteiger partial charge in [-0.15, -0.1) is 12.3 Å². The van der Waals surface area contributed by atoms with E-state index in [1.165, 1.54) is 37.4 Å². The second-order valence-electron chi connectivity index (χ2n) is 18.9. The highest BCUT2D eigenvalue weighted by molar-refractivity contribution is 6.80. The zero-order valence-electron chi connectivity index (χ0n) is 42.5. The van der Waals surface area contributed by atoms with Crippen LogP contribution in [-0.4, -0.2) is 117 Å². The van der Waals surface area contributed by atoms with Crippen molar-refractivity contribution in [2.24, 2.45) is 0 Å². The van der Waals surface area contributed by atoms with Crippen LogP contribution < -0.4 is 0 Å². The van der Waals surface area contributed by atoms with Crippen molar-refractivity contribution in [1.82, 2.24) is 0 Å². The van der Waals surface area contributed by atoms with Crippen molar-refractivity contribution in [3.05, 3.63) is 12.3 Å². The normalized spacial score (nSPS) is 11.7. The molecule has 0 saturated carbocycles. The van der Waals surface area contributed by atoms with Crippen LogP contribution in [0.1, 0.15) is 40.0 Å². The van der Waals surface area contributed by atoms with Crippen LogP contribution >= 0.6 is 0 Å². The highest BCUT2D eigenvalue weighted by Crippen LogP contribution is 2.12. The summed E-state index contributed by atoms with van der Waals surface area (Å²) >= 11 is 0. The Morgan fingerprint density at radius 3 is 0.547 bits per heavy atom. The summed E-state index contributed by atoms with van der Waals surface area (Å²) in [5.74, 6) is 0. The topological polar surface area (TPSA) is 64.6 Å². The fourth-order valence-electron chi connectivity index (χ4n) is 2.11. The van der Waals surface area contributed by atoms with Crippen LogP contribution in [0.2, 0.25) is 149 Å². The van der Waals surface area contributed by atoms with Crippen LogP contribution in [0, 0.1) is 0 Å². The first-order valence-corrected chi connectivity index (χ1v) is 45.8.